The van der Waals surface area contributed by atoms with Gasteiger partial charge in [-0.15, -0.1) is 6.58 Å². The van der Waals surface area contributed by atoms with Gasteiger partial charge in [0.2, 0.25) is 0 Å². The number of nitrogen functional groups attached to an aromatic ring is 1. The summed E-state index contributed by atoms with van der Waals surface area (Å²) in [7, 11) is 0. The van der Waals surface area contributed by atoms with Crippen LogP contribution in [-0.4, -0.2) is 10.1 Å². The zero-order valence-corrected chi connectivity index (χ0v) is 11.6. The van der Waals surface area contributed by atoms with E-state index in [4.69, 9.17) is 5.73 Å². The number of anilines is 1. The Hall–Kier alpha value is -3.51. The smallest absolute Gasteiger partial charge is 0.268 e. The number of hydrogen-bond donors (Lipinski definition) is 3. The highest BCUT2D eigenvalue weighted by Crippen LogP contribution is 2.31. The van der Waals surface area contributed by atoms with Gasteiger partial charge in [-0.05, 0) is 29.7 Å². The molecule has 4 N–H and O–H groups in total. The van der Waals surface area contributed by atoms with Crippen LogP contribution < -0.4 is 11.3 Å². The number of pyridine rings is 1. The zero-order valence-electron chi connectivity index (χ0n) is 11.6. The topological polar surface area (TPSA) is 127 Å². The van der Waals surface area contributed by atoms with Gasteiger partial charge < -0.3 is 15.8 Å². The number of nitrogens with two attached hydrogens (primary N) is 1. The number of nitrogens with zero attached hydrogens (tertiary/aromatic N) is 2. The molecule has 1 heterocycles. The average molecular weight is 292 g/mol. The number of allylic oxidation sites excluding steroid dienone is 1. The molecule has 0 spiro atoms. The zero-order chi connectivity index (χ0) is 16.3. The Morgan fingerprint density at radius 2 is 2.00 bits per heavy atom. The predicted molar refractivity (Wildman–Crippen MR) is 81.9 cm³/mol. The Labute approximate surface area is 126 Å². The number of phenols is 1. The first-order valence-corrected chi connectivity index (χ1v) is 6.32. The van der Waals surface area contributed by atoms with Crippen LogP contribution in [0.1, 0.15) is 16.7 Å². The van der Waals surface area contributed by atoms with Gasteiger partial charge in [-0.1, -0.05) is 12.1 Å². The van der Waals surface area contributed by atoms with E-state index in [9.17, 15) is 20.4 Å². The Morgan fingerprint density at radius 1 is 1.32 bits per heavy atom. The van der Waals surface area contributed by atoms with Gasteiger partial charge in [0.25, 0.3) is 5.56 Å². The molecule has 2 rings (SSSR count). The molecule has 0 amide bonds. The third-order valence-corrected chi connectivity index (χ3v) is 3.20. The summed E-state index contributed by atoms with van der Waals surface area (Å²) >= 11 is 0. The van der Waals surface area contributed by atoms with Crippen molar-refractivity contribution in [1.82, 2.24) is 4.98 Å². The van der Waals surface area contributed by atoms with Crippen molar-refractivity contribution in [3.05, 3.63) is 57.9 Å². The Balaban J connectivity index is 2.86. The summed E-state index contributed by atoms with van der Waals surface area (Å²) in [6.07, 6.45) is 2.02. The van der Waals surface area contributed by atoms with Crippen molar-refractivity contribution in [1.29, 1.82) is 10.5 Å². The van der Waals surface area contributed by atoms with Crippen molar-refractivity contribution < 1.29 is 5.11 Å². The molecule has 0 bridgehead atoms. The lowest BCUT2D eigenvalue weighted by atomic mass is 9.94. The first-order chi connectivity index (χ1) is 10.5. The summed E-state index contributed by atoms with van der Waals surface area (Å²) in [5, 5.41) is 28.3. The van der Waals surface area contributed by atoms with Crippen molar-refractivity contribution in [3.8, 4) is 29.0 Å². The van der Waals surface area contributed by atoms with Gasteiger partial charge in [-0.2, -0.15) is 10.5 Å². The van der Waals surface area contributed by atoms with Crippen molar-refractivity contribution >= 4 is 5.82 Å². The van der Waals surface area contributed by atoms with Crippen molar-refractivity contribution in [3.63, 3.8) is 0 Å². The largest absolute Gasteiger partial charge is 0.508 e. The second-order valence-corrected chi connectivity index (χ2v) is 4.55. The van der Waals surface area contributed by atoms with Crippen LogP contribution in [-0.2, 0) is 6.42 Å². The number of aromatic amines is 1. The quantitative estimate of drug-likeness (QED) is 0.743. The fourth-order valence-corrected chi connectivity index (χ4v) is 2.19. The fraction of sp³-hybridized carbons (Fsp3) is 0.0625. The maximum atomic E-state index is 11.9. The van der Waals surface area contributed by atoms with Crippen LogP contribution in [0.15, 0.2) is 35.6 Å². The second-order valence-electron chi connectivity index (χ2n) is 4.55. The second kappa shape index (κ2) is 5.86. The molecule has 6 nitrogen and oxygen atoms in total. The molecule has 0 radical (unpaired) electrons. The molecule has 0 saturated carbocycles. The summed E-state index contributed by atoms with van der Waals surface area (Å²) in [5.74, 6) is -0.0293. The number of nitriles is 2. The van der Waals surface area contributed by atoms with Crippen molar-refractivity contribution in [2.45, 2.75) is 6.42 Å². The van der Waals surface area contributed by atoms with Gasteiger partial charge in [0.1, 0.15) is 34.8 Å². The van der Waals surface area contributed by atoms with E-state index in [0.717, 1.165) is 0 Å². The molecule has 0 fully saturated rings. The summed E-state index contributed by atoms with van der Waals surface area (Å²) in [6.45, 7) is 3.60. The summed E-state index contributed by atoms with van der Waals surface area (Å²) in [6, 6.07) is 8.27. The van der Waals surface area contributed by atoms with Crippen LogP contribution in [0.2, 0.25) is 0 Å². The first-order valence-electron chi connectivity index (χ1n) is 6.32. The van der Waals surface area contributed by atoms with Gasteiger partial charge >= 0.3 is 0 Å². The number of aromatic nitrogens is 1. The lowest BCUT2D eigenvalue weighted by molar-refractivity contribution is 0.470. The van der Waals surface area contributed by atoms with E-state index in [-0.39, 0.29) is 28.3 Å². The number of phenolic OH excluding ortho intramolecular Hbond substituents is 1. The molecule has 0 atom stereocenters. The Morgan fingerprint density at radius 3 is 2.59 bits per heavy atom. The van der Waals surface area contributed by atoms with Crippen molar-refractivity contribution in [2.24, 2.45) is 0 Å². The number of hydrogen-bond acceptors (Lipinski definition) is 5. The number of rotatable bonds is 3. The van der Waals surface area contributed by atoms with E-state index in [0.29, 0.717) is 17.5 Å². The van der Waals surface area contributed by atoms with E-state index in [1.54, 1.807) is 18.2 Å². The molecule has 2 aromatic rings. The van der Waals surface area contributed by atoms with E-state index in [1.165, 1.54) is 12.1 Å². The van der Waals surface area contributed by atoms with Gasteiger partial charge in [0.15, 0.2) is 0 Å². The highest BCUT2D eigenvalue weighted by atomic mass is 16.3. The average Bonchev–Trinajstić information content (AvgIpc) is 2.49. The molecule has 0 aliphatic heterocycles. The molecule has 0 unspecified atom stereocenters. The fourth-order valence-electron chi connectivity index (χ4n) is 2.19. The molecule has 22 heavy (non-hydrogen) atoms. The molecule has 1 aromatic heterocycles. The van der Waals surface area contributed by atoms with Gasteiger partial charge in [0.05, 0.1) is 0 Å². The van der Waals surface area contributed by atoms with Crippen LogP contribution in [0, 0.1) is 22.7 Å². The molecule has 0 aliphatic rings. The van der Waals surface area contributed by atoms with Crippen LogP contribution in [0.5, 0.6) is 5.75 Å². The van der Waals surface area contributed by atoms with E-state index in [2.05, 4.69) is 11.6 Å². The maximum Gasteiger partial charge on any atom is 0.268 e. The number of benzene rings is 1. The maximum absolute atomic E-state index is 11.9. The van der Waals surface area contributed by atoms with Gasteiger partial charge in [-0.3, -0.25) is 4.79 Å². The molecule has 0 saturated heterocycles. The normalized spacial score (nSPS) is 9.73. The number of nitrogens with one attached hydrogen (secondary N) is 1. The summed E-state index contributed by atoms with van der Waals surface area (Å²) < 4.78 is 0. The van der Waals surface area contributed by atoms with Gasteiger partial charge in [0, 0.05) is 5.56 Å². The van der Waals surface area contributed by atoms with Gasteiger partial charge in [-0.25, -0.2) is 0 Å². The lowest BCUT2D eigenvalue weighted by Crippen LogP contribution is -2.16. The van der Waals surface area contributed by atoms with E-state index < -0.39 is 5.56 Å². The summed E-state index contributed by atoms with van der Waals surface area (Å²) in [4.78, 5) is 14.2. The molecular formula is C16H12N4O2. The predicted octanol–water partition coefficient (Wildman–Crippen LogP) is 1.80. The minimum atomic E-state index is -0.660. The van der Waals surface area contributed by atoms with E-state index in [1.807, 2.05) is 6.07 Å². The minimum Gasteiger partial charge on any atom is -0.508 e. The molecule has 0 aliphatic carbocycles. The van der Waals surface area contributed by atoms with Crippen LogP contribution >= 0.6 is 0 Å². The Bertz CT molecular complexity index is 898. The van der Waals surface area contributed by atoms with E-state index >= 15 is 0 Å². The van der Waals surface area contributed by atoms with Crippen LogP contribution in [0.3, 0.4) is 0 Å². The van der Waals surface area contributed by atoms with Crippen LogP contribution in [0.25, 0.3) is 11.1 Å². The third kappa shape index (κ3) is 2.41. The molecule has 6 heteroatoms. The molecular weight excluding hydrogens is 280 g/mol. The molecule has 1 aromatic carbocycles. The third-order valence-electron chi connectivity index (χ3n) is 3.20. The minimum absolute atomic E-state index is 0.0198. The first kappa shape index (κ1) is 14.9. The molecule has 108 valence electrons. The highest BCUT2D eigenvalue weighted by Gasteiger charge is 2.18. The lowest BCUT2D eigenvalue weighted by Gasteiger charge is -2.11. The monoisotopic (exact) mass is 292 g/mol. The summed E-state index contributed by atoms with van der Waals surface area (Å²) in [5.41, 5.74) is 6.02. The number of aromatic hydroxyl groups is 1. The van der Waals surface area contributed by atoms with Crippen molar-refractivity contribution in [2.75, 3.05) is 5.73 Å². The number of H-pyrrole nitrogens is 1. The SMILES string of the molecule is C=CCc1cc(-c2c(C#N)c(N)[nH]c(=O)c2C#N)ccc1O. The Kier molecular flexibility index (Phi) is 3.97. The highest BCUT2D eigenvalue weighted by molar-refractivity contribution is 5.80. The van der Waals surface area contributed by atoms with Crippen LogP contribution in [0.4, 0.5) is 5.82 Å². The standard InChI is InChI=1S/C16H12N4O2/c1-2-3-9-6-10(4-5-13(9)21)14-11(7-17)15(19)20-16(22)12(14)8-18/h2,4-6,21H,1,3H2,(H3,19,20,22).